The van der Waals surface area contributed by atoms with E-state index >= 15 is 0 Å². The summed E-state index contributed by atoms with van der Waals surface area (Å²) >= 11 is 0. The molecular formula is C19H21N3O3. The molecule has 0 N–H and O–H groups in total. The molecule has 6 nitrogen and oxygen atoms in total. The van der Waals surface area contributed by atoms with Crippen LogP contribution in [0.25, 0.3) is 10.9 Å². The normalized spacial score (nSPS) is 17.6. The van der Waals surface area contributed by atoms with Crippen molar-refractivity contribution < 1.29 is 14.3 Å². The van der Waals surface area contributed by atoms with Gasteiger partial charge in [-0.25, -0.2) is 0 Å². The summed E-state index contributed by atoms with van der Waals surface area (Å²) in [4.78, 5) is 33.2. The smallest absolute Gasteiger partial charge is 0.254 e. The van der Waals surface area contributed by atoms with Crippen molar-refractivity contribution in [3.8, 4) is 5.75 Å². The maximum absolute atomic E-state index is 13.0. The van der Waals surface area contributed by atoms with Crippen molar-refractivity contribution in [1.82, 2.24) is 14.8 Å². The fraction of sp³-hybridized carbons (Fsp3) is 0.421. The molecule has 1 saturated carbocycles. The van der Waals surface area contributed by atoms with Crippen LogP contribution >= 0.6 is 0 Å². The molecule has 0 bridgehead atoms. The Labute approximate surface area is 146 Å². The van der Waals surface area contributed by atoms with Gasteiger partial charge in [-0.2, -0.15) is 0 Å². The number of hydrogen-bond donors (Lipinski definition) is 0. The molecule has 0 atom stereocenters. The molecule has 1 aromatic carbocycles. The second kappa shape index (κ2) is 6.35. The minimum atomic E-state index is -0.0147. The Morgan fingerprint density at radius 1 is 1.08 bits per heavy atom. The van der Waals surface area contributed by atoms with E-state index in [9.17, 15) is 9.59 Å². The molecule has 2 amide bonds. The van der Waals surface area contributed by atoms with E-state index in [2.05, 4.69) is 4.98 Å². The van der Waals surface area contributed by atoms with Gasteiger partial charge in [0.2, 0.25) is 5.91 Å². The van der Waals surface area contributed by atoms with Gasteiger partial charge in [-0.15, -0.1) is 0 Å². The first-order valence-electron chi connectivity index (χ1n) is 8.68. The highest BCUT2D eigenvalue weighted by Crippen LogP contribution is 2.31. The average molecular weight is 339 g/mol. The summed E-state index contributed by atoms with van der Waals surface area (Å²) in [7, 11) is 1.61. The Kier molecular flexibility index (Phi) is 4.03. The van der Waals surface area contributed by atoms with Crippen molar-refractivity contribution in [2.75, 3.05) is 33.3 Å². The van der Waals surface area contributed by atoms with E-state index in [1.807, 2.05) is 28.0 Å². The zero-order valence-corrected chi connectivity index (χ0v) is 14.3. The maximum atomic E-state index is 13.0. The molecule has 2 heterocycles. The molecular weight excluding hydrogens is 318 g/mol. The van der Waals surface area contributed by atoms with Gasteiger partial charge < -0.3 is 14.5 Å². The first-order valence-corrected chi connectivity index (χ1v) is 8.68. The van der Waals surface area contributed by atoms with Crippen LogP contribution in [0.3, 0.4) is 0 Å². The third kappa shape index (κ3) is 3.04. The highest BCUT2D eigenvalue weighted by Gasteiger charge is 2.35. The van der Waals surface area contributed by atoms with E-state index in [-0.39, 0.29) is 17.7 Å². The summed E-state index contributed by atoms with van der Waals surface area (Å²) in [6.07, 6.45) is 3.69. The van der Waals surface area contributed by atoms with E-state index in [1.165, 1.54) is 0 Å². The standard InChI is InChI=1S/C19H21N3O3/c1-25-14-4-5-17-16(12-14)15(6-7-20-17)19(24)22-10-8-21(9-11-22)18(23)13-2-3-13/h4-7,12-13H,2-3,8-11H2,1H3. The topological polar surface area (TPSA) is 62.7 Å². The summed E-state index contributed by atoms with van der Waals surface area (Å²) in [5.41, 5.74) is 1.40. The molecule has 130 valence electrons. The molecule has 25 heavy (non-hydrogen) atoms. The Hall–Kier alpha value is -2.63. The number of nitrogens with zero attached hydrogens (tertiary/aromatic N) is 3. The number of pyridine rings is 1. The number of ether oxygens (including phenoxy) is 1. The van der Waals surface area contributed by atoms with Gasteiger partial charge in [0, 0.05) is 43.7 Å². The van der Waals surface area contributed by atoms with Crippen molar-refractivity contribution >= 4 is 22.7 Å². The highest BCUT2D eigenvalue weighted by molar-refractivity contribution is 6.06. The average Bonchev–Trinajstić information content (AvgIpc) is 3.51. The molecule has 1 aliphatic carbocycles. The highest BCUT2D eigenvalue weighted by atomic mass is 16.5. The Morgan fingerprint density at radius 2 is 1.80 bits per heavy atom. The zero-order valence-electron chi connectivity index (χ0n) is 14.3. The number of carbonyl (C=O) groups excluding carboxylic acids is 2. The SMILES string of the molecule is COc1ccc2nccc(C(=O)N3CCN(C(=O)C4CC4)CC3)c2c1. The Morgan fingerprint density at radius 3 is 2.48 bits per heavy atom. The molecule has 0 unspecified atom stereocenters. The quantitative estimate of drug-likeness (QED) is 0.857. The van der Waals surface area contributed by atoms with Gasteiger partial charge in [0.1, 0.15) is 5.75 Å². The number of rotatable bonds is 3. The molecule has 6 heteroatoms. The van der Waals surface area contributed by atoms with Crippen LogP contribution in [0.1, 0.15) is 23.2 Å². The van der Waals surface area contributed by atoms with E-state index in [0.717, 1.165) is 23.7 Å². The van der Waals surface area contributed by atoms with E-state index in [1.54, 1.807) is 19.4 Å². The van der Waals surface area contributed by atoms with Gasteiger partial charge in [-0.3, -0.25) is 14.6 Å². The molecule has 2 aliphatic rings. The van der Waals surface area contributed by atoms with Crippen molar-refractivity contribution in [2.24, 2.45) is 5.92 Å². The third-order valence-electron chi connectivity index (χ3n) is 4.98. The number of amides is 2. The maximum Gasteiger partial charge on any atom is 0.254 e. The monoisotopic (exact) mass is 339 g/mol. The first kappa shape index (κ1) is 15.9. The van der Waals surface area contributed by atoms with Crippen LogP contribution in [0.4, 0.5) is 0 Å². The lowest BCUT2D eigenvalue weighted by atomic mass is 10.1. The lowest BCUT2D eigenvalue weighted by Crippen LogP contribution is -2.51. The zero-order chi connectivity index (χ0) is 17.4. The van der Waals surface area contributed by atoms with Gasteiger partial charge in [0.05, 0.1) is 18.2 Å². The fourth-order valence-electron chi connectivity index (χ4n) is 3.33. The predicted octanol–water partition coefficient (Wildman–Crippen LogP) is 1.94. The molecule has 1 aromatic heterocycles. The molecule has 4 rings (SSSR count). The number of methoxy groups -OCH3 is 1. The lowest BCUT2D eigenvalue weighted by Gasteiger charge is -2.35. The summed E-state index contributed by atoms with van der Waals surface area (Å²) in [6.45, 7) is 2.39. The van der Waals surface area contributed by atoms with E-state index in [4.69, 9.17) is 4.74 Å². The Bertz CT molecular complexity index is 824. The van der Waals surface area contributed by atoms with Crippen LogP contribution in [0.5, 0.6) is 5.75 Å². The molecule has 1 saturated heterocycles. The van der Waals surface area contributed by atoms with Crippen molar-refractivity contribution in [3.63, 3.8) is 0 Å². The summed E-state index contributed by atoms with van der Waals surface area (Å²) in [5, 5.41) is 0.795. The second-order valence-electron chi connectivity index (χ2n) is 6.63. The van der Waals surface area contributed by atoms with Crippen molar-refractivity contribution in [2.45, 2.75) is 12.8 Å². The number of carbonyl (C=O) groups is 2. The van der Waals surface area contributed by atoms with Crippen LogP contribution in [-0.2, 0) is 4.79 Å². The molecule has 0 radical (unpaired) electrons. The number of hydrogen-bond acceptors (Lipinski definition) is 4. The lowest BCUT2D eigenvalue weighted by molar-refractivity contribution is -0.134. The van der Waals surface area contributed by atoms with Crippen LogP contribution in [0, 0.1) is 5.92 Å². The number of fused-ring (bicyclic) bond motifs is 1. The van der Waals surface area contributed by atoms with Crippen molar-refractivity contribution in [3.05, 3.63) is 36.0 Å². The van der Waals surface area contributed by atoms with Gasteiger partial charge in [-0.1, -0.05) is 0 Å². The van der Waals surface area contributed by atoms with Gasteiger partial charge in [-0.05, 0) is 37.1 Å². The molecule has 2 aromatic rings. The molecule has 1 aliphatic heterocycles. The van der Waals surface area contributed by atoms with Gasteiger partial charge >= 0.3 is 0 Å². The largest absolute Gasteiger partial charge is 0.497 e. The second-order valence-corrected chi connectivity index (χ2v) is 6.63. The van der Waals surface area contributed by atoms with E-state index < -0.39 is 0 Å². The predicted molar refractivity (Wildman–Crippen MR) is 93.5 cm³/mol. The number of piperazine rings is 1. The van der Waals surface area contributed by atoms with Crippen LogP contribution < -0.4 is 4.74 Å². The fourth-order valence-corrected chi connectivity index (χ4v) is 3.33. The van der Waals surface area contributed by atoms with Crippen LogP contribution in [0.15, 0.2) is 30.5 Å². The van der Waals surface area contributed by atoms with E-state index in [0.29, 0.717) is 37.5 Å². The van der Waals surface area contributed by atoms with Gasteiger partial charge in [0.15, 0.2) is 0 Å². The summed E-state index contributed by atoms with van der Waals surface area (Å²) in [6, 6.07) is 7.30. The summed E-state index contributed by atoms with van der Waals surface area (Å²) < 4.78 is 5.27. The first-order chi connectivity index (χ1) is 12.2. The van der Waals surface area contributed by atoms with Crippen molar-refractivity contribution in [1.29, 1.82) is 0 Å². The number of benzene rings is 1. The molecule has 0 spiro atoms. The van der Waals surface area contributed by atoms with Crippen LogP contribution in [0.2, 0.25) is 0 Å². The van der Waals surface area contributed by atoms with Gasteiger partial charge in [0.25, 0.3) is 5.91 Å². The minimum absolute atomic E-state index is 0.0147. The minimum Gasteiger partial charge on any atom is -0.497 e. The Balaban J connectivity index is 1.53. The number of aromatic nitrogens is 1. The third-order valence-corrected chi connectivity index (χ3v) is 4.98. The van der Waals surface area contributed by atoms with Crippen LogP contribution in [-0.4, -0.2) is 59.9 Å². The summed E-state index contributed by atoms with van der Waals surface area (Å²) in [5.74, 6) is 1.18. The molecule has 2 fully saturated rings.